The first-order valence-electron chi connectivity index (χ1n) is 13.9. The van der Waals surface area contributed by atoms with Gasteiger partial charge in [-0.3, -0.25) is 0 Å². The molecule has 0 unspecified atom stereocenters. The molecule has 38 heavy (non-hydrogen) atoms. The molecule has 2 aromatic rings. The van der Waals surface area contributed by atoms with Crippen LogP contribution in [0.4, 0.5) is 0 Å². The molecule has 7 heteroatoms. The van der Waals surface area contributed by atoms with Crippen LogP contribution >= 0.6 is 0 Å². The monoisotopic (exact) mass is 543 g/mol. The maximum atomic E-state index is 13.2. The van der Waals surface area contributed by atoms with Gasteiger partial charge >= 0.3 is 5.97 Å². The standard InChI is InChI=1S/C31H49NO5Si/c1-10-36-30(33)31(34,19-26(8)37-38(23(2)3,24(4)5)25(6)7)20-28(29-17-14-18-32(29)9)22-35-21-27-15-12-11-13-16-27/h11-18,23-25,28,34H,8,10,19-22H2,1-7,9H3/t28-,31+/m1/s1. The van der Waals surface area contributed by atoms with E-state index in [1.807, 2.05) is 60.3 Å². The number of ether oxygens (including phenoxy) is 2. The second-order valence-corrected chi connectivity index (χ2v) is 16.7. The van der Waals surface area contributed by atoms with Gasteiger partial charge in [0.05, 0.1) is 25.6 Å². The molecule has 0 saturated carbocycles. The zero-order valence-corrected chi connectivity index (χ0v) is 25.7. The van der Waals surface area contributed by atoms with Gasteiger partial charge in [0.15, 0.2) is 5.60 Å². The normalized spacial score (nSPS) is 14.5. The van der Waals surface area contributed by atoms with Crippen molar-refractivity contribution in [3.05, 3.63) is 72.3 Å². The molecule has 1 N–H and O–H groups in total. The fraction of sp³-hybridized carbons (Fsp3) is 0.581. The maximum Gasteiger partial charge on any atom is 0.338 e. The summed E-state index contributed by atoms with van der Waals surface area (Å²) in [6.07, 6.45) is 2.06. The van der Waals surface area contributed by atoms with Gasteiger partial charge in [-0.05, 0) is 47.7 Å². The van der Waals surface area contributed by atoms with Crippen molar-refractivity contribution in [1.29, 1.82) is 0 Å². The van der Waals surface area contributed by atoms with Crippen molar-refractivity contribution in [2.75, 3.05) is 13.2 Å². The molecule has 6 nitrogen and oxygen atoms in total. The molecule has 1 heterocycles. The largest absolute Gasteiger partial charge is 0.546 e. The molecule has 212 valence electrons. The van der Waals surface area contributed by atoms with Crippen molar-refractivity contribution >= 4 is 14.3 Å². The van der Waals surface area contributed by atoms with Crippen LogP contribution in [-0.2, 0) is 32.3 Å². The first kappa shape index (κ1) is 31.9. The SMILES string of the molecule is C=C(C[C@](O)(C[C@H](COCc1ccccc1)c1cccn1C)C(=O)OCC)O[Si](C(C)C)(C(C)C)C(C)C. The van der Waals surface area contributed by atoms with Crippen LogP contribution < -0.4 is 0 Å². The summed E-state index contributed by atoms with van der Waals surface area (Å²) in [4.78, 5) is 13.2. The number of hydrogen-bond acceptors (Lipinski definition) is 5. The van der Waals surface area contributed by atoms with Gasteiger partial charge in [-0.25, -0.2) is 4.79 Å². The minimum absolute atomic E-state index is 0.0215. The first-order chi connectivity index (χ1) is 17.9. The Bertz CT molecular complexity index is 995. The molecule has 0 saturated heterocycles. The highest BCUT2D eigenvalue weighted by atomic mass is 28.4. The first-order valence-corrected chi connectivity index (χ1v) is 16.0. The molecular weight excluding hydrogens is 494 g/mol. The summed E-state index contributed by atoms with van der Waals surface area (Å²) in [5, 5.41) is 11.9. The Labute approximate surface area is 231 Å². The highest BCUT2D eigenvalue weighted by Crippen LogP contribution is 2.44. The molecule has 0 amide bonds. The van der Waals surface area contributed by atoms with E-state index in [2.05, 4.69) is 48.1 Å². The second-order valence-electron chi connectivity index (χ2n) is 11.3. The van der Waals surface area contributed by atoms with Gasteiger partial charge in [-0.15, -0.1) is 0 Å². The van der Waals surface area contributed by atoms with Crippen molar-refractivity contribution in [1.82, 2.24) is 4.57 Å². The summed E-state index contributed by atoms with van der Waals surface area (Å²) in [7, 11) is -0.339. The van der Waals surface area contributed by atoms with Crippen LogP contribution in [-0.4, -0.2) is 42.8 Å². The Morgan fingerprint density at radius 3 is 2.13 bits per heavy atom. The van der Waals surface area contributed by atoms with Crippen LogP contribution in [0.5, 0.6) is 0 Å². The molecule has 0 radical (unpaired) electrons. The van der Waals surface area contributed by atoms with Crippen molar-refractivity contribution in [3.63, 3.8) is 0 Å². The van der Waals surface area contributed by atoms with E-state index >= 15 is 0 Å². The van der Waals surface area contributed by atoms with Crippen molar-refractivity contribution < 1.29 is 23.8 Å². The zero-order chi connectivity index (χ0) is 28.5. The minimum atomic E-state index is -2.30. The summed E-state index contributed by atoms with van der Waals surface area (Å²) in [5.41, 5.74) is 1.27. The third kappa shape index (κ3) is 7.84. The molecule has 0 aliphatic rings. The molecular formula is C31H49NO5Si. The van der Waals surface area contributed by atoms with E-state index in [-0.39, 0.29) is 25.4 Å². The number of carbonyl (C=O) groups is 1. The predicted octanol–water partition coefficient (Wildman–Crippen LogP) is 7.11. The second kappa shape index (κ2) is 14.2. The highest BCUT2D eigenvalue weighted by molar-refractivity contribution is 6.77. The number of nitrogens with zero attached hydrogens (tertiary/aromatic N) is 1. The van der Waals surface area contributed by atoms with E-state index < -0.39 is 19.9 Å². The van der Waals surface area contributed by atoms with E-state index in [1.54, 1.807) is 6.92 Å². The molecule has 0 aliphatic carbocycles. The number of esters is 1. The van der Waals surface area contributed by atoms with Gasteiger partial charge < -0.3 is 23.6 Å². The van der Waals surface area contributed by atoms with Crippen molar-refractivity contribution in [3.8, 4) is 0 Å². The lowest BCUT2D eigenvalue weighted by Gasteiger charge is -2.43. The Balaban J connectivity index is 2.33. The summed E-state index contributed by atoms with van der Waals surface area (Å²) >= 11 is 0. The van der Waals surface area contributed by atoms with Crippen LogP contribution in [0.15, 0.2) is 61.0 Å². The van der Waals surface area contributed by atoms with E-state index in [0.29, 0.717) is 35.6 Å². The Morgan fingerprint density at radius 1 is 1.03 bits per heavy atom. The van der Waals surface area contributed by atoms with Gasteiger partial charge in [-0.2, -0.15) is 0 Å². The van der Waals surface area contributed by atoms with E-state index in [4.69, 9.17) is 13.9 Å². The van der Waals surface area contributed by atoms with E-state index in [0.717, 1.165) is 11.3 Å². The number of hydrogen-bond donors (Lipinski definition) is 1. The molecule has 2 atom stereocenters. The van der Waals surface area contributed by atoms with Gasteiger partial charge in [0, 0.05) is 31.3 Å². The fourth-order valence-electron chi connectivity index (χ4n) is 5.91. The zero-order valence-electron chi connectivity index (χ0n) is 24.7. The number of aryl methyl sites for hydroxylation is 1. The minimum Gasteiger partial charge on any atom is -0.546 e. The number of aromatic nitrogens is 1. The summed E-state index contributed by atoms with van der Waals surface area (Å²) in [5.74, 6) is -0.458. The lowest BCUT2D eigenvalue weighted by Crippen LogP contribution is -2.49. The van der Waals surface area contributed by atoms with Crippen molar-refractivity contribution in [2.45, 2.75) is 96.1 Å². The molecule has 2 rings (SSSR count). The third-order valence-electron chi connectivity index (χ3n) is 7.59. The summed E-state index contributed by atoms with van der Waals surface area (Å²) in [6.45, 7) is 20.1. The lowest BCUT2D eigenvalue weighted by atomic mass is 9.85. The smallest absolute Gasteiger partial charge is 0.338 e. The lowest BCUT2D eigenvalue weighted by molar-refractivity contribution is -0.167. The predicted molar refractivity (Wildman–Crippen MR) is 156 cm³/mol. The molecule has 0 bridgehead atoms. The van der Waals surface area contributed by atoms with Crippen molar-refractivity contribution in [2.24, 2.45) is 7.05 Å². The molecule has 0 fully saturated rings. The number of aliphatic hydroxyl groups is 1. The van der Waals surface area contributed by atoms with E-state index in [1.165, 1.54) is 0 Å². The van der Waals surface area contributed by atoms with Gasteiger partial charge in [-0.1, -0.05) is 78.5 Å². The number of rotatable bonds is 16. The molecule has 0 spiro atoms. The van der Waals surface area contributed by atoms with Crippen LogP contribution in [0.25, 0.3) is 0 Å². The maximum absolute atomic E-state index is 13.2. The Morgan fingerprint density at radius 2 is 1.63 bits per heavy atom. The number of benzene rings is 1. The summed E-state index contributed by atoms with van der Waals surface area (Å²) in [6, 6.07) is 13.9. The van der Waals surface area contributed by atoms with E-state index in [9.17, 15) is 9.90 Å². The third-order valence-corrected chi connectivity index (χ3v) is 13.6. The van der Waals surface area contributed by atoms with Crippen LogP contribution in [0.1, 0.15) is 78.5 Å². The van der Waals surface area contributed by atoms with Crippen LogP contribution in [0, 0.1) is 0 Å². The molecule has 1 aromatic carbocycles. The summed E-state index contributed by atoms with van der Waals surface area (Å²) < 4.78 is 20.2. The molecule has 1 aromatic heterocycles. The highest BCUT2D eigenvalue weighted by Gasteiger charge is 2.49. The van der Waals surface area contributed by atoms with Crippen LogP contribution in [0.2, 0.25) is 16.6 Å². The quantitative estimate of drug-likeness (QED) is 0.139. The average molecular weight is 544 g/mol. The molecule has 0 aliphatic heterocycles. The topological polar surface area (TPSA) is 69.9 Å². The van der Waals surface area contributed by atoms with Gasteiger partial charge in [0.25, 0.3) is 8.32 Å². The average Bonchev–Trinajstić information content (AvgIpc) is 3.27. The Hall–Kier alpha value is -2.35. The van der Waals surface area contributed by atoms with Crippen LogP contribution in [0.3, 0.4) is 0 Å². The van der Waals surface area contributed by atoms with Gasteiger partial charge in [0.2, 0.25) is 0 Å². The fourth-order valence-corrected chi connectivity index (χ4v) is 11.2. The number of carbonyl (C=O) groups excluding carboxylic acids is 1. The van der Waals surface area contributed by atoms with Gasteiger partial charge in [0.1, 0.15) is 0 Å². The Kier molecular flexibility index (Phi) is 11.9.